The first kappa shape index (κ1) is 17.0. The molecule has 2 spiro atoms. The molecule has 4 bridgehead atoms. The molecule has 1 aromatic rings. The molecule has 1 saturated carbocycles. The minimum absolute atomic E-state index is 0.105. The lowest BCUT2D eigenvalue weighted by atomic mass is 9.37. The zero-order chi connectivity index (χ0) is 19.5. The van der Waals surface area contributed by atoms with E-state index in [-0.39, 0.29) is 28.6 Å². The van der Waals surface area contributed by atoms with Crippen LogP contribution < -0.4 is 9.47 Å². The second-order valence-electron chi connectivity index (χ2n) is 9.35. The van der Waals surface area contributed by atoms with E-state index in [1.54, 1.807) is 21.1 Å². The Morgan fingerprint density at radius 2 is 2.11 bits per heavy atom. The van der Waals surface area contributed by atoms with Crippen molar-refractivity contribution in [3.8, 4) is 11.5 Å². The molecule has 5 heteroatoms. The smallest absolute Gasteiger partial charge is 0.166 e. The summed E-state index contributed by atoms with van der Waals surface area (Å²) in [6.07, 6.45) is 7.19. The summed E-state index contributed by atoms with van der Waals surface area (Å²) in [5.41, 5.74) is 1.72. The van der Waals surface area contributed by atoms with Crippen molar-refractivity contribution in [2.75, 3.05) is 27.8 Å². The fourth-order valence-corrected chi connectivity index (χ4v) is 7.67. The molecule has 28 heavy (non-hydrogen) atoms. The highest BCUT2D eigenvalue weighted by Gasteiger charge is 2.79. The summed E-state index contributed by atoms with van der Waals surface area (Å²) in [4.78, 5) is 15.3. The first-order valence-electron chi connectivity index (χ1n) is 10.3. The highest BCUT2D eigenvalue weighted by atomic mass is 16.6. The Morgan fingerprint density at radius 1 is 1.29 bits per heavy atom. The van der Waals surface area contributed by atoms with Gasteiger partial charge in [-0.3, -0.25) is 4.79 Å². The number of fused-ring (bicyclic) bond motifs is 1. The predicted octanol–water partition coefficient (Wildman–Crippen LogP) is 2.50. The van der Waals surface area contributed by atoms with Gasteiger partial charge in [-0.25, -0.2) is 0 Å². The number of carbonyl (C=O) groups is 1. The Morgan fingerprint density at radius 3 is 2.82 bits per heavy atom. The summed E-state index contributed by atoms with van der Waals surface area (Å²) in [7, 11) is 5.67. The van der Waals surface area contributed by atoms with Crippen LogP contribution in [-0.2, 0) is 21.4 Å². The molecule has 0 aromatic heterocycles. The largest absolute Gasteiger partial charge is 0.493 e. The fourth-order valence-electron chi connectivity index (χ4n) is 7.67. The van der Waals surface area contributed by atoms with Gasteiger partial charge in [0.2, 0.25) is 0 Å². The molecule has 0 radical (unpaired) electrons. The summed E-state index contributed by atoms with van der Waals surface area (Å²) in [6.45, 7) is 2.74. The second kappa shape index (κ2) is 5.00. The van der Waals surface area contributed by atoms with Crippen LogP contribution in [0.15, 0.2) is 24.3 Å². The third kappa shape index (κ3) is 1.49. The van der Waals surface area contributed by atoms with E-state index < -0.39 is 5.60 Å². The maximum Gasteiger partial charge on any atom is 0.166 e. The summed E-state index contributed by atoms with van der Waals surface area (Å²) in [6, 6.07) is 4.62. The van der Waals surface area contributed by atoms with Crippen molar-refractivity contribution < 1.29 is 19.0 Å². The van der Waals surface area contributed by atoms with Crippen LogP contribution in [0.2, 0.25) is 0 Å². The maximum atomic E-state index is 12.8. The van der Waals surface area contributed by atoms with Gasteiger partial charge in [0.1, 0.15) is 17.5 Å². The minimum Gasteiger partial charge on any atom is -0.493 e. The van der Waals surface area contributed by atoms with E-state index in [1.165, 1.54) is 11.1 Å². The molecule has 2 aliphatic heterocycles. The number of nitrogens with zero attached hydrogens (tertiary/aromatic N) is 1. The lowest BCUT2D eigenvalue weighted by molar-refractivity contribution is -0.212. The van der Waals surface area contributed by atoms with Gasteiger partial charge in [0, 0.05) is 24.1 Å². The first-order chi connectivity index (χ1) is 13.4. The van der Waals surface area contributed by atoms with Gasteiger partial charge < -0.3 is 19.1 Å². The van der Waals surface area contributed by atoms with Crippen molar-refractivity contribution in [3.05, 3.63) is 35.4 Å². The van der Waals surface area contributed by atoms with Crippen LogP contribution >= 0.6 is 0 Å². The highest BCUT2D eigenvalue weighted by Crippen LogP contribution is 2.74. The third-order valence-electron chi connectivity index (χ3n) is 8.77. The van der Waals surface area contributed by atoms with Crippen LogP contribution in [-0.4, -0.2) is 56.2 Å². The lowest BCUT2D eigenvalue weighted by Gasteiger charge is -2.70. The average Bonchev–Trinajstić information content (AvgIpc) is 3.07. The molecule has 1 aromatic carbocycles. The Bertz CT molecular complexity index is 941. The zero-order valence-corrected chi connectivity index (χ0v) is 17.0. The number of benzene rings is 1. The second-order valence-corrected chi connectivity index (χ2v) is 9.35. The van der Waals surface area contributed by atoms with Crippen LogP contribution in [0.25, 0.3) is 0 Å². The number of hydrogen-bond donors (Lipinski definition) is 0. The number of methoxy groups -OCH3 is 2. The highest BCUT2D eigenvalue weighted by molar-refractivity contribution is 5.82. The maximum absolute atomic E-state index is 12.8. The molecule has 2 heterocycles. The van der Waals surface area contributed by atoms with Gasteiger partial charge in [0.15, 0.2) is 11.5 Å². The van der Waals surface area contributed by atoms with Gasteiger partial charge in [0.25, 0.3) is 0 Å². The molecular formula is C23H27NO4. The molecule has 1 saturated heterocycles. The molecule has 0 amide bonds. The molecule has 0 N–H and O–H groups in total. The third-order valence-corrected chi connectivity index (χ3v) is 8.77. The number of carbonyl (C=O) groups excluding carboxylic acids is 1. The van der Waals surface area contributed by atoms with Crippen molar-refractivity contribution in [3.63, 3.8) is 0 Å². The molecule has 6 atom stereocenters. The topological polar surface area (TPSA) is 48.0 Å². The van der Waals surface area contributed by atoms with Crippen molar-refractivity contribution in [1.82, 2.24) is 4.90 Å². The van der Waals surface area contributed by atoms with Crippen molar-refractivity contribution in [1.29, 1.82) is 0 Å². The summed E-state index contributed by atoms with van der Waals surface area (Å²) < 4.78 is 18.7. The van der Waals surface area contributed by atoms with Crippen LogP contribution in [0, 0.1) is 11.3 Å². The van der Waals surface area contributed by atoms with Crippen molar-refractivity contribution >= 4 is 5.78 Å². The van der Waals surface area contributed by atoms with Gasteiger partial charge >= 0.3 is 0 Å². The monoisotopic (exact) mass is 381 g/mol. The van der Waals surface area contributed by atoms with E-state index in [9.17, 15) is 4.79 Å². The van der Waals surface area contributed by atoms with E-state index >= 15 is 0 Å². The van der Waals surface area contributed by atoms with Gasteiger partial charge in [-0.1, -0.05) is 18.2 Å². The Hall–Kier alpha value is -1.85. The minimum atomic E-state index is -0.716. The van der Waals surface area contributed by atoms with Gasteiger partial charge in [-0.05, 0) is 51.4 Å². The van der Waals surface area contributed by atoms with Gasteiger partial charge in [0.05, 0.1) is 18.4 Å². The number of ether oxygens (including phenoxy) is 3. The molecule has 2 fully saturated rings. The molecular weight excluding hydrogens is 354 g/mol. The van der Waals surface area contributed by atoms with Crippen molar-refractivity contribution in [2.24, 2.45) is 11.3 Å². The quantitative estimate of drug-likeness (QED) is 0.753. The molecule has 4 aliphatic carbocycles. The molecule has 5 nitrogen and oxygen atoms in total. The molecule has 7 rings (SSSR count). The Balaban J connectivity index is 1.72. The number of hydrogen-bond acceptors (Lipinski definition) is 5. The van der Waals surface area contributed by atoms with E-state index in [0.717, 1.165) is 37.3 Å². The predicted molar refractivity (Wildman–Crippen MR) is 104 cm³/mol. The standard InChI is InChI=1S/C23H27NO4/c1-13(25)15-12-21-7-8-23(15,27-4)20-22(21)9-10-24(2)17(21)11-14-5-6-16(26-3)19(28-20)18(14)22/h5-8,15,17,20H,9-12H2,1-4H3/t15-,17-,20-,21?,22+,23?/m1/s1. The number of ketones is 1. The van der Waals surface area contributed by atoms with Gasteiger partial charge in [-0.2, -0.15) is 0 Å². The Labute approximate surface area is 165 Å². The summed E-state index contributed by atoms with van der Waals surface area (Å²) in [5.74, 6) is 1.68. The number of Topliss-reactive ketones (excluding diaryl/α,β-unsaturated/α-hetero) is 1. The van der Waals surface area contributed by atoms with Crippen LogP contribution in [0.1, 0.15) is 30.9 Å². The Kier molecular flexibility index (Phi) is 3.05. The van der Waals surface area contributed by atoms with E-state index in [0.29, 0.717) is 6.04 Å². The SMILES string of the molecule is COc1ccc2c3c1O[C@H]1C4(OC)C=CC5(C[C@@H]4C(C)=O)[C@@H](C2)N(C)CC[C@]315. The van der Waals surface area contributed by atoms with E-state index in [4.69, 9.17) is 14.2 Å². The van der Waals surface area contributed by atoms with Crippen molar-refractivity contribution in [2.45, 2.75) is 49.3 Å². The van der Waals surface area contributed by atoms with Crippen LogP contribution in [0.3, 0.4) is 0 Å². The number of likely N-dealkylation sites (tertiary alicyclic amines) is 1. The summed E-state index contributed by atoms with van der Waals surface area (Å²) in [5, 5.41) is 0. The molecule has 2 unspecified atom stereocenters. The van der Waals surface area contributed by atoms with Crippen LogP contribution in [0.5, 0.6) is 11.5 Å². The van der Waals surface area contributed by atoms with Gasteiger partial charge in [-0.15, -0.1) is 0 Å². The fraction of sp³-hybridized carbons (Fsp3) is 0.609. The lowest BCUT2D eigenvalue weighted by Crippen LogP contribution is -2.79. The zero-order valence-electron chi connectivity index (χ0n) is 17.0. The summed E-state index contributed by atoms with van der Waals surface area (Å²) >= 11 is 0. The number of likely N-dealkylation sites (N-methyl/N-ethyl adjacent to an activating group) is 1. The van der Waals surface area contributed by atoms with Crippen LogP contribution in [0.4, 0.5) is 0 Å². The average molecular weight is 381 g/mol. The first-order valence-corrected chi connectivity index (χ1v) is 10.3. The molecule has 148 valence electrons. The van der Waals surface area contributed by atoms with E-state index in [2.05, 4.69) is 30.2 Å². The van der Waals surface area contributed by atoms with E-state index in [1.807, 2.05) is 6.07 Å². The number of piperidine rings is 1. The normalized spacial score (nSPS) is 44.2. The number of rotatable bonds is 3. The molecule has 6 aliphatic rings.